The largest absolute Gasteiger partial charge is 0.388 e. The second-order valence-corrected chi connectivity index (χ2v) is 2.73. The van der Waals surface area contributed by atoms with E-state index in [0.717, 1.165) is 6.42 Å². The molecule has 12 heavy (non-hydrogen) atoms. The van der Waals surface area contributed by atoms with E-state index < -0.39 is 0 Å². The summed E-state index contributed by atoms with van der Waals surface area (Å²) in [6.07, 6.45) is 1.06. The summed E-state index contributed by atoms with van der Waals surface area (Å²) in [5, 5.41) is 6.30. The fourth-order valence-electron chi connectivity index (χ4n) is 1.29. The topological polar surface area (TPSA) is 24.1 Å². The summed E-state index contributed by atoms with van der Waals surface area (Å²) < 4.78 is 0. The molecule has 2 nitrogen and oxygen atoms in total. The highest BCUT2D eigenvalue weighted by Crippen LogP contribution is 2.19. The molecule has 0 fully saturated rings. The predicted octanol–water partition coefficient (Wildman–Crippen LogP) is 2.33. The normalized spacial score (nSPS) is 9.58. The first-order chi connectivity index (χ1) is 5.81. The Morgan fingerprint density at radius 1 is 1.17 bits per heavy atom. The van der Waals surface area contributed by atoms with Gasteiger partial charge in [-0.15, -0.1) is 0 Å². The van der Waals surface area contributed by atoms with Gasteiger partial charge in [-0.2, -0.15) is 0 Å². The molecule has 0 saturated heterocycles. The van der Waals surface area contributed by atoms with Gasteiger partial charge in [0, 0.05) is 25.5 Å². The molecule has 0 bridgehead atoms. The first kappa shape index (κ1) is 8.91. The van der Waals surface area contributed by atoms with Crippen molar-refractivity contribution in [2.24, 2.45) is 0 Å². The molecule has 0 spiro atoms. The first-order valence-electron chi connectivity index (χ1n) is 4.30. The SMILES string of the molecule is CCc1cc(NC)ccc1NC. The lowest BCUT2D eigenvalue weighted by atomic mass is 10.1. The maximum atomic E-state index is 3.17. The Morgan fingerprint density at radius 3 is 2.42 bits per heavy atom. The van der Waals surface area contributed by atoms with Gasteiger partial charge < -0.3 is 10.6 Å². The van der Waals surface area contributed by atoms with E-state index in [1.165, 1.54) is 16.9 Å². The van der Waals surface area contributed by atoms with Crippen LogP contribution in [0.3, 0.4) is 0 Å². The van der Waals surface area contributed by atoms with Crippen molar-refractivity contribution >= 4 is 11.4 Å². The molecular weight excluding hydrogens is 148 g/mol. The van der Waals surface area contributed by atoms with Crippen LogP contribution >= 0.6 is 0 Å². The maximum absolute atomic E-state index is 3.17. The zero-order valence-corrected chi connectivity index (χ0v) is 7.94. The highest BCUT2D eigenvalue weighted by molar-refractivity contribution is 5.59. The zero-order valence-electron chi connectivity index (χ0n) is 7.94. The average molecular weight is 164 g/mol. The van der Waals surface area contributed by atoms with E-state index in [2.05, 4.69) is 35.8 Å². The zero-order chi connectivity index (χ0) is 8.97. The number of anilines is 2. The van der Waals surface area contributed by atoms with Crippen LogP contribution in [0.15, 0.2) is 18.2 Å². The third-order valence-corrected chi connectivity index (χ3v) is 2.04. The number of nitrogens with one attached hydrogen (secondary N) is 2. The molecule has 0 aromatic heterocycles. The number of benzene rings is 1. The molecule has 2 heteroatoms. The first-order valence-corrected chi connectivity index (χ1v) is 4.30. The number of hydrogen-bond acceptors (Lipinski definition) is 2. The molecule has 0 aliphatic rings. The lowest BCUT2D eigenvalue weighted by molar-refractivity contribution is 1.14. The van der Waals surface area contributed by atoms with Crippen LogP contribution in [0.1, 0.15) is 12.5 Å². The molecular formula is C10H16N2. The quantitative estimate of drug-likeness (QED) is 0.716. The summed E-state index contributed by atoms with van der Waals surface area (Å²) in [5.41, 5.74) is 3.74. The fourth-order valence-corrected chi connectivity index (χ4v) is 1.29. The van der Waals surface area contributed by atoms with E-state index in [1.807, 2.05) is 14.1 Å². The molecule has 2 N–H and O–H groups in total. The molecule has 0 radical (unpaired) electrons. The van der Waals surface area contributed by atoms with Gasteiger partial charge in [-0.1, -0.05) is 6.92 Å². The Balaban J connectivity index is 3.02. The van der Waals surface area contributed by atoms with Crippen LogP contribution in [-0.2, 0) is 6.42 Å². The van der Waals surface area contributed by atoms with E-state index in [4.69, 9.17) is 0 Å². The molecule has 0 unspecified atom stereocenters. The molecule has 0 aliphatic heterocycles. The van der Waals surface area contributed by atoms with Gasteiger partial charge in [0.25, 0.3) is 0 Å². The van der Waals surface area contributed by atoms with Gasteiger partial charge in [0.1, 0.15) is 0 Å². The molecule has 1 aromatic carbocycles. The van der Waals surface area contributed by atoms with Crippen LogP contribution < -0.4 is 10.6 Å². The fraction of sp³-hybridized carbons (Fsp3) is 0.400. The van der Waals surface area contributed by atoms with E-state index >= 15 is 0 Å². The molecule has 1 rings (SSSR count). The third kappa shape index (κ3) is 1.70. The minimum atomic E-state index is 1.06. The van der Waals surface area contributed by atoms with Gasteiger partial charge in [-0.05, 0) is 30.2 Å². The molecule has 0 saturated carbocycles. The minimum absolute atomic E-state index is 1.06. The lowest BCUT2D eigenvalue weighted by Crippen LogP contribution is -1.96. The molecule has 1 aromatic rings. The van der Waals surface area contributed by atoms with Gasteiger partial charge >= 0.3 is 0 Å². The second kappa shape index (κ2) is 4.00. The van der Waals surface area contributed by atoms with Crippen molar-refractivity contribution in [3.63, 3.8) is 0 Å². The third-order valence-electron chi connectivity index (χ3n) is 2.04. The molecule has 66 valence electrons. The van der Waals surface area contributed by atoms with Crippen LogP contribution in [0.2, 0.25) is 0 Å². The van der Waals surface area contributed by atoms with Crippen molar-refractivity contribution < 1.29 is 0 Å². The predicted molar refractivity (Wildman–Crippen MR) is 54.9 cm³/mol. The molecule has 0 heterocycles. The van der Waals surface area contributed by atoms with E-state index in [1.54, 1.807) is 0 Å². The number of hydrogen-bond donors (Lipinski definition) is 2. The Labute approximate surface area is 74.0 Å². The van der Waals surface area contributed by atoms with E-state index in [-0.39, 0.29) is 0 Å². The maximum Gasteiger partial charge on any atom is 0.0371 e. The highest BCUT2D eigenvalue weighted by atomic mass is 14.8. The number of rotatable bonds is 3. The monoisotopic (exact) mass is 164 g/mol. The standard InChI is InChI=1S/C10H16N2/c1-4-8-7-9(11-2)5-6-10(8)12-3/h5-7,11-12H,4H2,1-3H3. The smallest absolute Gasteiger partial charge is 0.0371 e. The van der Waals surface area contributed by atoms with Crippen molar-refractivity contribution in [2.75, 3.05) is 24.7 Å². The summed E-state index contributed by atoms with van der Waals surface area (Å²) in [6, 6.07) is 6.35. The van der Waals surface area contributed by atoms with Crippen LogP contribution in [0, 0.1) is 0 Å². The van der Waals surface area contributed by atoms with E-state index in [0.29, 0.717) is 0 Å². The van der Waals surface area contributed by atoms with Crippen LogP contribution in [0.5, 0.6) is 0 Å². The average Bonchev–Trinajstić information content (AvgIpc) is 2.16. The van der Waals surface area contributed by atoms with E-state index in [9.17, 15) is 0 Å². The van der Waals surface area contributed by atoms with Crippen LogP contribution in [0.4, 0.5) is 11.4 Å². The van der Waals surface area contributed by atoms with Crippen molar-refractivity contribution in [3.05, 3.63) is 23.8 Å². The second-order valence-electron chi connectivity index (χ2n) is 2.73. The highest BCUT2D eigenvalue weighted by Gasteiger charge is 1.98. The van der Waals surface area contributed by atoms with Crippen molar-refractivity contribution in [1.82, 2.24) is 0 Å². The summed E-state index contributed by atoms with van der Waals surface area (Å²) in [5.74, 6) is 0. The van der Waals surface area contributed by atoms with Crippen molar-refractivity contribution in [1.29, 1.82) is 0 Å². The Morgan fingerprint density at radius 2 is 1.92 bits per heavy atom. The Kier molecular flexibility index (Phi) is 2.97. The van der Waals surface area contributed by atoms with Gasteiger partial charge in [-0.3, -0.25) is 0 Å². The van der Waals surface area contributed by atoms with Gasteiger partial charge in [0.15, 0.2) is 0 Å². The summed E-state index contributed by atoms with van der Waals surface area (Å²) in [4.78, 5) is 0. The Hall–Kier alpha value is -1.18. The van der Waals surface area contributed by atoms with Gasteiger partial charge in [0.2, 0.25) is 0 Å². The molecule has 0 aliphatic carbocycles. The van der Waals surface area contributed by atoms with Crippen molar-refractivity contribution in [3.8, 4) is 0 Å². The summed E-state index contributed by atoms with van der Waals surface area (Å²) in [6.45, 7) is 2.16. The minimum Gasteiger partial charge on any atom is -0.388 e. The Bertz CT molecular complexity index is 256. The van der Waals surface area contributed by atoms with Crippen molar-refractivity contribution in [2.45, 2.75) is 13.3 Å². The lowest BCUT2D eigenvalue weighted by Gasteiger charge is -2.09. The van der Waals surface area contributed by atoms with Gasteiger partial charge in [-0.25, -0.2) is 0 Å². The molecule has 0 atom stereocenters. The molecule has 0 amide bonds. The van der Waals surface area contributed by atoms with Crippen LogP contribution in [0.25, 0.3) is 0 Å². The van der Waals surface area contributed by atoms with Gasteiger partial charge in [0.05, 0.1) is 0 Å². The summed E-state index contributed by atoms with van der Waals surface area (Å²) >= 11 is 0. The number of aryl methyl sites for hydroxylation is 1. The van der Waals surface area contributed by atoms with Crippen LogP contribution in [-0.4, -0.2) is 14.1 Å². The summed E-state index contributed by atoms with van der Waals surface area (Å²) in [7, 11) is 3.89.